The summed E-state index contributed by atoms with van der Waals surface area (Å²) < 4.78 is 0. The molecule has 1 saturated carbocycles. The molecule has 7 amide bonds. The Balaban J connectivity index is 2.37. The second kappa shape index (κ2) is 23.4. The fraction of sp³-hybridized carbons (Fsp3) is 0.579. The maximum atomic E-state index is 14.0. The first-order chi connectivity index (χ1) is 25.6. The van der Waals surface area contributed by atoms with Crippen LogP contribution in [-0.2, 0) is 44.8 Å². The molecule has 0 heterocycles. The van der Waals surface area contributed by atoms with Crippen LogP contribution < -0.4 is 37.6 Å². The number of carbonyl (C=O) groups excluding carboxylic acids is 7. The van der Waals surface area contributed by atoms with E-state index < -0.39 is 77.5 Å². The highest BCUT2D eigenvalue weighted by atomic mass is 16.4. The van der Waals surface area contributed by atoms with Crippen molar-refractivity contribution in [2.45, 2.75) is 122 Å². The number of carboxylic acid groups (broad SMARTS) is 1. The van der Waals surface area contributed by atoms with Crippen molar-refractivity contribution in [2.75, 3.05) is 6.54 Å². The van der Waals surface area contributed by atoms with Crippen LogP contribution in [0.3, 0.4) is 0 Å². The van der Waals surface area contributed by atoms with E-state index in [9.17, 15) is 43.5 Å². The van der Waals surface area contributed by atoms with Crippen LogP contribution in [0.2, 0.25) is 0 Å². The summed E-state index contributed by atoms with van der Waals surface area (Å²) in [6, 6.07) is 2.47. The number of nitrogens with one attached hydrogen (secondary N) is 6. The summed E-state index contributed by atoms with van der Waals surface area (Å²) in [6.45, 7) is 6.08. The van der Waals surface area contributed by atoms with Gasteiger partial charge in [-0.3, -0.25) is 33.6 Å². The Labute approximate surface area is 316 Å². The summed E-state index contributed by atoms with van der Waals surface area (Å²) in [4.78, 5) is 103. The van der Waals surface area contributed by atoms with Gasteiger partial charge in [0, 0.05) is 26.3 Å². The molecule has 0 unspecified atom stereocenters. The van der Waals surface area contributed by atoms with E-state index in [-0.39, 0.29) is 50.5 Å². The van der Waals surface area contributed by atoms with Gasteiger partial charge in [-0.2, -0.15) is 0 Å². The third-order valence-corrected chi connectivity index (χ3v) is 8.97. The smallest absolute Gasteiger partial charge is 0.326 e. The summed E-state index contributed by atoms with van der Waals surface area (Å²) in [7, 11) is 0. The van der Waals surface area contributed by atoms with E-state index >= 15 is 0 Å². The van der Waals surface area contributed by atoms with Gasteiger partial charge in [-0.15, -0.1) is 0 Å². The molecule has 1 aliphatic carbocycles. The minimum absolute atomic E-state index is 0.000650. The molecule has 9 N–H and O–H groups in total. The number of primary amides is 1. The van der Waals surface area contributed by atoms with Gasteiger partial charge in [0.2, 0.25) is 41.4 Å². The Morgan fingerprint density at radius 2 is 1.33 bits per heavy atom. The van der Waals surface area contributed by atoms with Crippen LogP contribution in [0.25, 0.3) is 0 Å². The van der Waals surface area contributed by atoms with Crippen molar-refractivity contribution in [3.63, 3.8) is 0 Å². The van der Waals surface area contributed by atoms with Crippen molar-refractivity contribution in [3.8, 4) is 0 Å². The normalized spacial score (nSPS) is 15.9. The number of hydrogen-bond acceptors (Lipinski definition) is 8. The third-order valence-electron chi connectivity index (χ3n) is 8.97. The van der Waals surface area contributed by atoms with Crippen LogP contribution in [0.4, 0.5) is 0 Å². The molecule has 1 fully saturated rings. The minimum Gasteiger partial charge on any atom is -0.480 e. The van der Waals surface area contributed by atoms with E-state index in [0.717, 1.165) is 32.1 Å². The molecule has 0 saturated heterocycles. The fourth-order valence-electron chi connectivity index (χ4n) is 6.25. The lowest BCUT2D eigenvalue weighted by molar-refractivity contribution is -0.142. The van der Waals surface area contributed by atoms with E-state index in [2.05, 4.69) is 31.9 Å². The molecule has 54 heavy (non-hydrogen) atoms. The second-order valence-corrected chi connectivity index (χ2v) is 14.1. The highest BCUT2D eigenvalue weighted by molar-refractivity contribution is 5.96. The van der Waals surface area contributed by atoms with E-state index in [1.807, 2.05) is 13.8 Å². The number of carboxylic acids is 1. The van der Waals surface area contributed by atoms with Gasteiger partial charge >= 0.3 is 5.97 Å². The molecule has 0 aliphatic heterocycles. The number of amides is 7. The number of carbonyl (C=O) groups is 8. The van der Waals surface area contributed by atoms with Gasteiger partial charge in [-0.25, -0.2) is 4.79 Å². The van der Waals surface area contributed by atoms with Crippen LogP contribution in [0, 0.1) is 11.8 Å². The standard InChI is InChI=1S/C38H57N7O9/c1-5-12-33(48)40-22-31(37(52)42-28(19-23(2)3)35(50)44-30(38(53)54)21-26-15-10-7-11-16-26)45-36(51)29(20-25-13-8-6-9-14-25)43-34(49)27(41-24(4)46)17-18-32(39)47/h5,7,10-12,15-16,23,25,27-31H,6,8-9,13-14,17-22H2,1-4H3,(H2,39,47)(H,40,48)(H,41,46)(H,42,52)(H,43,49)(H,44,50)(H,45,51)(H,53,54)/b12-5+/t27-,28-,29-,30-,31-/m0/s1. The lowest BCUT2D eigenvalue weighted by Crippen LogP contribution is -2.61. The fourth-order valence-corrected chi connectivity index (χ4v) is 6.25. The molecule has 0 radical (unpaired) electrons. The molecule has 0 spiro atoms. The average molecular weight is 756 g/mol. The van der Waals surface area contributed by atoms with Crippen molar-refractivity contribution in [1.82, 2.24) is 31.9 Å². The van der Waals surface area contributed by atoms with Gasteiger partial charge in [-0.1, -0.05) is 82.4 Å². The van der Waals surface area contributed by atoms with Gasteiger partial charge in [0.1, 0.15) is 30.2 Å². The van der Waals surface area contributed by atoms with Crippen LogP contribution >= 0.6 is 0 Å². The van der Waals surface area contributed by atoms with Crippen LogP contribution in [0.1, 0.15) is 91.0 Å². The highest BCUT2D eigenvalue weighted by Gasteiger charge is 2.34. The monoisotopic (exact) mass is 755 g/mol. The highest BCUT2D eigenvalue weighted by Crippen LogP contribution is 2.27. The zero-order chi connectivity index (χ0) is 40.2. The average Bonchev–Trinajstić information content (AvgIpc) is 3.11. The van der Waals surface area contributed by atoms with Gasteiger partial charge in [0.05, 0.1) is 0 Å². The summed E-state index contributed by atoms with van der Waals surface area (Å²) in [5.41, 5.74) is 5.95. The Morgan fingerprint density at radius 3 is 1.91 bits per heavy atom. The Hall–Kier alpha value is -5.28. The van der Waals surface area contributed by atoms with Gasteiger partial charge in [-0.05, 0) is 49.7 Å². The number of allylic oxidation sites excluding steroid dienone is 1. The van der Waals surface area contributed by atoms with Crippen molar-refractivity contribution < 1.29 is 43.5 Å². The van der Waals surface area contributed by atoms with Crippen molar-refractivity contribution >= 4 is 47.3 Å². The zero-order valence-corrected chi connectivity index (χ0v) is 31.7. The quantitative estimate of drug-likeness (QED) is 0.0776. The maximum Gasteiger partial charge on any atom is 0.326 e. The number of aliphatic carboxylic acids is 1. The van der Waals surface area contributed by atoms with Crippen molar-refractivity contribution in [1.29, 1.82) is 0 Å². The van der Waals surface area contributed by atoms with Crippen LogP contribution in [-0.4, -0.2) is 89.2 Å². The predicted molar refractivity (Wildman–Crippen MR) is 200 cm³/mol. The molecule has 16 nitrogen and oxygen atoms in total. The van der Waals surface area contributed by atoms with E-state index in [1.165, 1.54) is 19.1 Å². The first kappa shape index (κ1) is 44.9. The summed E-state index contributed by atoms with van der Waals surface area (Å²) in [6.07, 6.45) is 7.29. The molecule has 298 valence electrons. The Kier molecular flexibility index (Phi) is 19.4. The van der Waals surface area contributed by atoms with Gasteiger partial charge in [0.15, 0.2) is 0 Å². The molecule has 1 aromatic carbocycles. The van der Waals surface area contributed by atoms with Crippen LogP contribution in [0.5, 0.6) is 0 Å². The zero-order valence-electron chi connectivity index (χ0n) is 31.7. The van der Waals surface area contributed by atoms with Crippen molar-refractivity contribution in [3.05, 3.63) is 48.0 Å². The molecule has 5 atom stereocenters. The number of nitrogens with two attached hydrogens (primary N) is 1. The SMILES string of the molecule is C/C=C/C(=O)NC[C@H](NC(=O)[C@H](CC1CCCCC1)NC(=O)[C@H](CCC(N)=O)NC(C)=O)C(=O)N[C@@H](CC(C)C)C(=O)N[C@@H](Cc1ccccc1)C(=O)O. The summed E-state index contributed by atoms with van der Waals surface area (Å²) >= 11 is 0. The third kappa shape index (κ3) is 17.0. The number of benzene rings is 1. The Morgan fingerprint density at radius 1 is 0.778 bits per heavy atom. The molecule has 2 rings (SSSR count). The first-order valence-electron chi connectivity index (χ1n) is 18.5. The largest absolute Gasteiger partial charge is 0.480 e. The van der Waals surface area contributed by atoms with Crippen molar-refractivity contribution in [2.24, 2.45) is 17.6 Å². The van der Waals surface area contributed by atoms with Crippen LogP contribution in [0.15, 0.2) is 42.5 Å². The molecule has 0 bridgehead atoms. The van der Waals surface area contributed by atoms with E-state index in [4.69, 9.17) is 5.73 Å². The first-order valence-corrected chi connectivity index (χ1v) is 18.5. The molecule has 1 aliphatic rings. The maximum absolute atomic E-state index is 14.0. The second-order valence-electron chi connectivity index (χ2n) is 14.1. The van der Waals surface area contributed by atoms with E-state index in [1.54, 1.807) is 37.3 Å². The summed E-state index contributed by atoms with van der Waals surface area (Å²) in [5, 5.41) is 25.4. The molecule has 0 aromatic heterocycles. The molecule has 1 aromatic rings. The topological polar surface area (TPSA) is 255 Å². The Bertz CT molecular complexity index is 1480. The van der Waals surface area contributed by atoms with E-state index in [0.29, 0.717) is 5.56 Å². The molecule has 16 heteroatoms. The molecular formula is C38H57N7O9. The van der Waals surface area contributed by atoms with Gasteiger partial charge < -0.3 is 42.7 Å². The summed E-state index contributed by atoms with van der Waals surface area (Å²) in [5.74, 6) is -6.12. The number of rotatable bonds is 22. The minimum atomic E-state index is -1.43. The lowest BCUT2D eigenvalue weighted by Gasteiger charge is -2.30. The van der Waals surface area contributed by atoms with Gasteiger partial charge in [0.25, 0.3) is 0 Å². The predicted octanol–water partition coefficient (Wildman–Crippen LogP) is 0.732. The number of hydrogen-bond donors (Lipinski definition) is 8. The molecular weight excluding hydrogens is 698 g/mol. The lowest BCUT2D eigenvalue weighted by atomic mass is 9.84.